The van der Waals surface area contributed by atoms with Gasteiger partial charge >= 0.3 is 0 Å². The van der Waals surface area contributed by atoms with Crippen molar-refractivity contribution in [2.75, 3.05) is 0 Å². The van der Waals surface area contributed by atoms with Crippen LogP contribution in [0.5, 0.6) is 0 Å². The van der Waals surface area contributed by atoms with Gasteiger partial charge in [-0.25, -0.2) is 0 Å². The third kappa shape index (κ3) is 5.97. The molecule has 0 aromatic carbocycles. The van der Waals surface area contributed by atoms with Gasteiger partial charge in [0, 0.05) is 96.7 Å². The number of rotatable bonds is 7. The second-order valence-electron chi connectivity index (χ2n) is 16.2. The Labute approximate surface area is 255 Å². The van der Waals surface area contributed by atoms with Crippen molar-refractivity contribution >= 4 is 0 Å². The topological polar surface area (TPSA) is 96.2 Å². The molecule has 8 heterocycles. The molecule has 0 bridgehead atoms. The molecular formula is C34H62N8. The first kappa shape index (κ1) is 29.1. The Balaban J connectivity index is 0.765. The number of hydrogen-bond donors (Lipinski definition) is 8. The Hall–Kier alpha value is -0.320. The summed E-state index contributed by atoms with van der Waals surface area (Å²) in [6.07, 6.45) is 21.5. The molecular weight excluding hydrogens is 520 g/mol. The first-order valence-corrected chi connectivity index (χ1v) is 18.6. The molecule has 0 aliphatic carbocycles. The van der Waals surface area contributed by atoms with Gasteiger partial charge < -0.3 is 42.5 Å². The van der Waals surface area contributed by atoms with Gasteiger partial charge in [-0.05, 0) is 117 Å². The van der Waals surface area contributed by atoms with Gasteiger partial charge in [-0.2, -0.15) is 0 Å². The standard InChI is InChI=1S/C34H62N8/c1-19-3-5-21(35-19)23-7-9-25(37-23)27-11-13-29(39-27)31-15-17-33(41-31)34-18-16-32(42-34)30-14-12-28(40-30)26-10-8-24(38-26)22-6-4-20(2)36-22/h19-42H,3-18H2,1-2H3/t19?,20?,21-,22?,23?,24-,25?,26+,27+,28?,29-,30?,31?,32-,33?,34+/m1/s1. The van der Waals surface area contributed by atoms with E-state index in [4.69, 9.17) is 0 Å². The molecule has 0 saturated carbocycles. The van der Waals surface area contributed by atoms with E-state index in [1.807, 2.05) is 0 Å². The SMILES string of the molecule is CC1CCC([C@H]2CC[C@@H](C3CCC([C@H]4CC[C@@H](C5CCC([C@H]6CC[C@@H](C7CCC([C@H]8CCC(C)N8)N7)N6)N5)N4)N3)N2)N1. The summed E-state index contributed by atoms with van der Waals surface area (Å²) in [5.74, 6) is 0. The summed E-state index contributed by atoms with van der Waals surface area (Å²) in [4.78, 5) is 0. The van der Waals surface area contributed by atoms with E-state index in [0.717, 1.165) is 0 Å². The van der Waals surface area contributed by atoms with E-state index in [0.29, 0.717) is 96.7 Å². The van der Waals surface area contributed by atoms with E-state index in [2.05, 4.69) is 56.4 Å². The van der Waals surface area contributed by atoms with Crippen molar-refractivity contribution in [3.8, 4) is 0 Å². The first-order valence-electron chi connectivity index (χ1n) is 18.6. The zero-order valence-electron chi connectivity index (χ0n) is 26.6. The van der Waals surface area contributed by atoms with Crippen LogP contribution >= 0.6 is 0 Å². The Morgan fingerprint density at radius 1 is 0.214 bits per heavy atom. The molecule has 8 aliphatic rings. The van der Waals surface area contributed by atoms with E-state index in [9.17, 15) is 0 Å². The van der Waals surface area contributed by atoms with Crippen LogP contribution in [0.15, 0.2) is 0 Å². The van der Waals surface area contributed by atoms with Crippen LogP contribution in [0.2, 0.25) is 0 Å². The number of nitrogens with one attached hydrogen (secondary N) is 8. The zero-order chi connectivity index (χ0) is 28.2. The lowest BCUT2D eigenvalue weighted by atomic mass is 10.0. The molecule has 8 nitrogen and oxygen atoms in total. The highest BCUT2D eigenvalue weighted by molar-refractivity contribution is 5.08. The van der Waals surface area contributed by atoms with Crippen LogP contribution in [-0.4, -0.2) is 96.7 Å². The molecule has 8 rings (SSSR count). The normalized spacial score (nSPS) is 55.0. The molecule has 16 atom stereocenters. The van der Waals surface area contributed by atoms with E-state index in [1.165, 1.54) is 103 Å². The molecule has 238 valence electrons. The largest absolute Gasteiger partial charge is 0.310 e. The van der Waals surface area contributed by atoms with E-state index < -0.39 is 0 Å². The maximum absolute atomic E-state index is 4.15. The minimum absolute atomic E-state index is 0.654. The van der Waals surface area contributed by atoms with Crippen LogP contribution in [0.1, 0.15) is 117 Å². The zero-order valence-corrected chi connectivity index (χ0v) is 26.6. The average molecular weight is 583 g/mol. The van der Waals surface area contributed by atoms with Crippen LogP contribution in [0, 0.1) is 0 Å². The monoisotopic (exact) mass is 583 g/mol. The highest BCUT2D eigenvalue weighted by atomic mass is 15.2. The quantitative estimate of drug-likeness (QED) is 0.231. The van der Waals surface area contributed by atoms with Gasteiger partial charge in [-0.15, -0.1) is 0 Å². The van der Waals surface area contributed by atoms with Crippen LogP contribution < -0.4 is 42.5 Å². The molecule has 8 saturated heterocycles. The highest BCUT2D eigenvalue weighted by Gasteiger charge is 2.45. The minimum atomic E-state index is 0.654. The van der Waals surface area contributed by atoms with E-state index in [1.54, 1.807) is 0 Å². The van der Waals surface area contributed by atoms with Crippen LogP contribution in [-0.2, 0) is 0 Å². The predicted octanol–water partition coefficient (Wildman–Crippen LogP) is 1.99. The lowest BCUT2D eigenvalue weighted by Crippen LogP contribution is -2.55. The van der Waals surface area contributed by atoms with Crippen molar-refractivity contribution in [1.29, 1.82) is 0 Å². The van der Waals surface area contributed by atoms with Gasteiger partial charge in [0.1, 0.15) is 0 Å². The fourth-order valence-corrected chi connectivity index (χ4v) is 11.2. The summed E-state index contributed by atoms with van der Waals surface area (Å²) in [6.45, 7) is 4.69. The van der Waals surface area contributed by atoms with Crippen molar-refractivity contribution in [3.05, 3.63) is 0 Å². The lowest BCUT2D eigenvalue weighted by Gasteiger charge is -2.28. The number of hydrogen-bond acceptors (Lipinski definition) is 8. The Kier molecular flexibility index (Phi) is 8.64. The van der Waals surface area contributed by atoms with E-state index >= 15 is 0 Å². The summed E-state index contributed by atoms with van der Waals surface area (Å²) in [7, 11) is 0. The molecule has 42 heavy (non-hydrogen) atoms. The average Bonchev–Trinajstić information content (AvgIpc) is 3.81. The fourth-order valence-electron chi connectivity index (χ4n) is 11.2. The highest BCUT2D eigenvalue weighted by Crippen LogP contribution is 2.33. The molecule has 0 amide bonds. The third-order valence-corrected chi connectivity index (χ3v) is 13.5. The summed E-state index contributed by atoms with van der Waals surface area (Å²) >= 11 is 0. The van der Waals surface area contributed by atoms with Crippen molar-refractivity contribution in [1.82, 2.24) is 42.5 Å². The van der Waals surface area contributed by atoms with Crippen molar-refractivity contribution in [2.45, 2.75) is 213 Å². The van der Waals surface area contributed by atoms with Gasteiger partial charge in [-0.1, -0.05) is 0 Å². The molecule has 0 spiro atoms. The Bertz CT molecular complexity index is 846. The van der Waals surface area contributed by atoms with Gasteiger partial charge in [0.05, 0.1) is 0 Å². The Morgan fingerprint density at radius 2 is 0.357 bits per heavy atom. The minimum Gasteiger partial charge on any atom is -0.310 e. The van der Waals surface area contributed by atoms with Gasteiger partial charge in [0.15, 0.2) is 0 Å². The molecule has 8 N–H and O–H groups in total. The van der Waals surface area contributed by atoms with E-state index in [-0.39, 0.29) is 0 Å². The summed E-state index contributed by atoms with van der Waals surface area (Å²) in [5.41, 5.74) is 0. The van der Waals surface area contributed by atoms with Crippen molar-refractivity contribution < 1.29 is 0 Å². The van der Waals surface area contributed by atoms with Crippen LogP contribution in [0.3, 0.4) is 0 Å². The maximum Gasteiger partial charge on any atom is 0.0225 e. The molecule has 0 aromatic heterocycles. The molecule has 8 heteroatoms. The van der Waals surface area contributed by atoms with Gasteiger partial charge in [0.25, 0.3) is 0 Å². The predicted molar refractivity (Wildman–Crippen MR) is 171 cm³/mol. The molecule has 8 fully saturated rings. The second-order valence-corrected chi connectivity index (χ2v) is 16.2. The van der Waals surface area contributed by atoms with Crippen molar-refractivity contribution in [3.63, 3.8) is 0 Å². The summed E-state index contributed by atoms with van der Waals surface area (Å²) in [6, 6.07) is 10.8. The van der Waals surface area contributed by atoms with Crippen molar-refractivity contribution in [2.24, 2.45) is 0 Å². The second kappa shape index (κ2) is 12.5. The molecule has 0 aromatic rings. The molecule has 9 unspecified atom stereocenters. The first-order chi connectivity index (χ1) is 20.6. The summed E-state index contributed by atoms with van der Waals surface area (Å²) in [5, 5.41) is 32.3. The smallest absolute Gasteiger partial charge is 0.0225 e. The third-order valence-electron chi connectivity index (χ3n) is 13.5. The lowest BCUT2D eigenvalue weighted by molar-refractivity contribution is 0.340. The molecule has 0 radical (unpaired) electrons. The molecule has 8 aliphatic heterocycles. The maximum atomic E-state index is 4.15. The van der Waals surface area contributed by atoms with Crippen LogP contribution in [0.25, 0.3) is 0 Å². The summed E-state index contributed by atoms with van der Waals surface area (Å²) < 4.78 is 0. The van der Waals surface area contributed by atoms with Gasteiger partial charge in [-0.3, -0.25) is 0 Å². The Morgan fingerprint density at radius 3 is 0.500 bits per heavy atom. The van der Waals surface area contributed by atoms with Gasteiger partial charge in [0.2, 0.25) is 0 Å². The fraction of sp³-hybridized carbons (Fsp3) is 1.00. The van der Waals surface area contributed by atoms with Crippen LogP contribution in [0.4, 0.5) is 0 Å².